The van der Waals surface area contributed by atoms with Gasteiger partial charge in [0.15, 0.2) is 0 Å². The molecule has 11 heteroatoms. The number of amides is 1. The normalized spacial score (nSPS) is 25.2. The second-order valence-corrected chi connectivity index (χ2v) is 5.67. The number of nitrogens with one attached hydrogen (secondary N) is 1. The number of aliphatic carboxylic acids is 2. The van der Waals surface area contributed by atoms with E-state index in [0.717, 1.165) is 23.6 Å². The van der Waals surface area contributed by atoms with Crippen molar-refractivity contribution in [2.24, 2.45) is 5.84 Å². The number of carboxylic acid groups (broad SMARTS) is 2. The van der Waals surface area contributed by atoms with Gasteiger partial charge in [-0.1, -0.05) is 0 Å². The number of thioether (sulfide) groups is 1. The molecule has 2 aliphatic heterocycles. The van der Waals surface area contributed by atoms with Crippen LogP contribution in [0, 0.1) is 0 Å². The van der Waals surface area contributed by atoms with Crippen LogP contribution in [0.4, 0.5) is 0 Å². The molecule has 1 saturated heterocycles. The van der Waals surface area contributed by atoms with Crippen molar-refractivity contribution < 1.29 is 34.1 Å². The highest BCUT2D eigenvalue weighted by molar-refractivity contribution is 8.00. The Morgan fingerprint density at radius 3 is 2.55 bits per heavy atom. The van der Waals surface area contributed by atoms with Gasteiger partial charge in [-0.2, -0.15) is 0 Å². The van der Waals surface area contributed by atoms with E-state index in [1.54, 1.807) is 0 Å². The first-order valence-electron chi connectivity index (χ1n) is 6.06. The molecule has 0 aromatic carbocycles. The number of nitrogens with zero attached hydrogens (tertiary/aromatic N) is 1. The lowest BCUT2D eigenvalue weighted by atomic mass is 10.0. The smallest absolute Gasteiger partial charge is 0.352 e. The molecule has 2 rings (SSSR count). The highest BCUT2D eigenvalue weighted by Crippen LogP contribution is 2.41. The Balaban J connectivity index is 2.45. The van der Waals surface area contributed by atoms with Crippen molar-refractivity contribution in [3.8, 4) is 0 Å². The number of β-lactam (4-membered cyclic amide) rings is 1. The monoisotopic (exact) mass is 331 g/mol. The van der Waals surface area contributed by atoms with E-state index in [-0.39, 0.29) is 11.3 Å². The van der Waals surface area contributed by atoms with Crippen LogP contribution in [-0.2, 0) is 23.9 Å². The summed E-state index contributed by atoms with van der Waals surface area (Å²) in [7, 11) is 0. The number of hydrazine groups is 1. The number of ether oxygens (including phenoxy) is 1. The Labute approximate surface area is 128 Å². The summed E-state index contributed by atoms with van der Waals surface area (Å²) in [5, 5.41) is 17.9. The fourth-order valence-corrected chi connectivity index (χ4v) is 3.69. The number of carboxylic acids is 2. The van der Waals surface area contributed by atoms with Gasteiger partial charge in [0.2, 0.25) is 12.0 Å². The maximum Gasteiger partial charge on any atom is 0.352 e. The van der Waals surface area contributed by atoms with Gasteiger partial charge >= 0.3 is 17.9 Å². The summed E-state index contributed by atoms with van der Waals surface area (Å²) in [5.41, 5.74) is 1.65. The molecule has 2 heterocycles. The Kier molecular flexibility index (Phi) is 4.39. The van der Waals surface area contributed by atoms with Crippen molar-refractivity contribution in [3.05, 3.63) is 11.3 Å². The van der Waals surface area contributed by atoms with E-state index < -0.39 is 47.0 Å². The summed E-state index contributed by atoms with van der Waals surface area (Å²) >= 11 is 1.14. The van der Waals surface area contributed by atoms with Crippen molar-refractivity contribution in [2.45, 2.75) is 24.4 Å². The van der Waals surface area contributed by atoms with Crippen molar-refractivity contribution in [3.63, 3.8) is 0 Å². The molecule has 1 fully saturated rings. The number of hydrogen-bond acceptors (Lipinski definition) is 8. The van der Waals surface area contributed by atoms with E-state index >= 15 is 0 Å². The number of esters is 1. The molecule has 120 valence electrons. The molecule has 3 atom stereocenters. The second kappa shape index (κ2) is 5.94. The molecule has 5 N–H and O–H groups in total. The van der Waals surface area contributed by atoms with E-state index in [1.165, 1.54) is 0 Å². The number of hydrogen-bond donors (Lipinski definition) is 4. The van der Waals surface area contributed by atoms with Gasteiger partial charge in [-0.25, -0.2) is 15.0 Å². The lowest BCUT2D eigenvalue weighted by Crippen LogP contribution is -2.71. The van der Waals surface area contributed by atoms with E-state index in [0.29, 0.717) is 0 Å². The third-order valence-corrected chi connectivity index (χ3v) is 4.51. The van der Waals surface area contributed by atoms with Gasteiger partial charge in [-0.05, 0) is 0 Å². The summed E-state index contributed by atoms with van der Waals surface area (Å²) in [6, 6.07) is -0.738. The van der Waals surface area contributed by atoms with Gasteiger partial charge in [0.05, 0.1) is 0 Å². The summed E-state index contributed by atoms with van der Waals surface area (Å²) in [6.45, 7) is 1.01. The highest BCUT2D eigenvalue weighted by Gasteiger charge is 2.54. The molecular formula is C11H13N3O7S. The van der Waals surface area contributed by atoms with E-state index in [9.17, 15) is 24.3 Å². The van der Waals surface area contributed by atoms with Gasteiger partial charge in [0.25, 0.3) is 0 Å². The summed E-state index contributed by atoms with van der Waals surface area (Å²) < 4.78 is 4.68. The fraction of sp³-hybridized carbons (Fsp3) is 0.455. The molecule has 10 nitrogen and oxygen atoms in total. The zero-order chi connectivity index (χ0) is 16.6. The molecule has 0 saturated carbocycles. The van der Waals surface area contributed by atoms with Gasteiger partial charge in [-0.15, -0.1) is 11.8 Å². The molecule has 1 amide bonds. The van der Waals surface area contributed by atoms with Crippen LogP contribution in [-0.4, -0.2) is 62.2 Å². The molecule has 2 aliphatic rings. The first-order valence-corrected chi connectivity index (χ1v) is 7.11. The zero-order valence-corrected chi connectivity index (χ0v) is 12.1. The van der Waals surface area contributed by atoms with Crippen LogP contribution in [0.3, 0.4) is 0 Å². The quantitative estimate of drug-likeness (QED) is 0.194. The average molecular weight is 331 g/mol. The highest BCUT2D eigenvalue weighted by atomic mass is 32.2. The second-order valence-electron chi connectivity index (χ2n) is 4.56. The van der Waals surface area contributed by atoms with Gasteiger partial charge in [0.1, 0.15) is 17.1 Å². The first kappa shape index (κ1) is 16.3. The minimum absolute atomic E-state index is 0.0154. The number of carbonyl (C=O) groups excluding carboxylic acids is 2. The van der Waals surface area contributed by atoms with Crippen LogP contribution in [0.25, 0.3) is 0 Å². The Bertz CT molecular complexity index is 590. The van der Waals surface area contributed by atoms with Gasteiger partial charge in [-0.3, -0.25) is 20.3 Å². The number of fused-ring (bicyclic) bond motifs is 1. The minimum Gasteiger partial charge on any atom is -0.478 e. The minimum atomic E-state index is -1.75. The Morgan fingerprint density at radius 1 is 1.45 bits per heavy atom. The zero-order valence-electron chi connectivity index (χ0n) is 11.3. The van der Waals surface area contributed by atoms with Crippen LogP contribution < -0.4 is 11.3 Å². The number of carbonyl (C=O) groups is 4. The third-order valence-electron chi connectivity index (χ3n) is 3.20. The van der Waals surface area contributed by atoms with Crippen LogP contribution in [0.1, 0.15) is 6.92 Å². The number of rotatable bonds is 5. The molecule has 0 aromatic heterocycles. The molecular weight excluding hydrogens is 318 g/mol. The molecule has 0 spiro atoms. The van der Waals surface area contributed by atoms with Crippen molar-refractivity contribution >= 4 is 35.6 Å². The predicted octanol–water partition coefficient (Wildman–Crippen LogP) is -1.91. The third kappa shape index (κ3) is 2.53. The maximum absolute atomic E-state index is 11.9. The van der Waals surface area contributed by atoms with Crippen LogP contribution >= 0.6 is 11.8 Å². The van der Waals surface area contributed by atoms with Gasteiger partial charge < -0.3 is 14.9 Å². The van der Waals surface area contributed by atoms with Crippen LogP contribution in [0.15, 0.2) is 11.3 Å². The van der Waals surface area contributed by atoms with E-state index in [2.05, 4.69) is 10.2 Å². The topological polar surface area (TPSA) is 159 Å². The molecule has 1 unspecified atom stereocenters. The average Bonchev–Trinajstić information content (AvgIpc) is 2.43. The lowest BCUT2D eigenvalue weighted by Gasteiger charge is -2.49. The van der Waals surface area contributed by atoms with Gasteiger partial charge in [0, 0.05) is 18.2 Å². The van der Waals surface area contributed by atoms with Crippen molar-refractivity contribution in [2.75, 3.05) is 5.75 Å². The maximum atomic E-state index is 11.9. The Hall–Kier alpha value is -2.11. The number of nitrogens with two attached hydrogens (primary N) is 1. The summed E-state index contributed by atoms with van der Waals surface area (Å²) in [6.07, 6.45) is -1.75. The summed E-state index contributed by atoms with van der Waals surface area (Å²) in [4.78, 5) is 46.6. The van der Waals surface area contributed by atoms with Crippen LogP contribution in [0.2, 0.25) is 0 Å². The largest absolute Gasteiger partial charge is 0.478 e. The Morgan fingerprint density at radius 2 is 2.09 bits per heavy atom. The lowest BCUT2D eigenvalue weighted by molar-refractivity contribution is -0.160. The first-order chi connectivity index (χ1) is 10.3. The van der Waals surface area contributed by atoms with E-state index in [1.807, 2.05) is 0 Å². The standard InChI is InChI=1S/C11H13N3O7S/c1-3(15)21-7(11(19)20)4-2-22-9-5(13-12)8(16)14(9)6(4)10(17)18/h5,7,9,13H,2,12H2,1H3,(H,17,18)(H,19,20)/t5-,7?,9-/m1/s1. The van der Waals surface area contributed by atoms with Crippen LogP contribution in [0.5, 0.6) is 0 Å². The SMILES string of the molecule is CC(=O)OC(C(=O)O)C1=C(C(=O)O)N2C(=O)[C@@H](NN)[C@H]2SC1. The molecule has 0 bridgehead atoms. The fourth-order valence-electron chi connectivity index (χ4n) is 2.30. The van der Waals surface area contributed by atoms with E-state index in [4.69, 9.17) is 10.9 Å². The molecule has 0 aliphatic carbocycles. The molecule has 22 heavy (non-hydrogen) atoms. The van der Waals surface area contributed by atoms with Crippen molar-refractivity contribution in [1.82, 2.24) is 10.3 Å². The molecule has 0 radical (unpaired) electrons. The molecule has 0 aromatic rings. The van der Waals surface area contributed by atoms with Crippen molar-refractivity contribution in [1.29, 1.82) is 0 Å². The summed E-state index contributed by atoms with van der Waals surface area (Å²) in [5.74, 6) is 0.779. The predicted molar refractivity (Wildman–Crippen MR) is 72.1 cm³/mol.